The number of rotatable bonds is 0. The van der Waals surface area contributed by atoms with Crippen LogP contribution >= 0.6 is 0 Å². The smallest absolute Gasteiger partial charge is 0.310 e. The number of hydrogen-bond donors (Lipinski definition) is 0. The van der Waals surface area contributed by atoms with Crippen LogP contribution in [0.15, 0.2) is 24.3 Å². The number of carbonyl (C=O) groups excluding carboxylic acids is 1. The van der Waals surface area contributed by atoms with E-state index in [9.17, 15) is 4.79 Å². The molecule has 1 heterocycles. The van der Waals surface area contributed by atoms with Gasteiger partial charge in [0.2, 0.25) is 0 Å². The van der Waals surface area contributed by atoms with Gasteiger partial charge < -0.3 is 4.74 Å². The van der Waals surface area contributed by atoms with Gasteiger partial charge in [-0.1, -0.05) is 24.3 Å². The maximum Gasteiger partial charge on any atom is 0.310 e. The Morgan fingerprint density at radius 2 is 2.08 bits per heavy atom. The third-order valence-corrected chi connectivity index (χ3v) is 3.09. The minimum atomic E-state index is -0.0128. The first kappa shape index (κ1) is 7.13. The fourth-order valence-electron chi connectivity index (χ4n) is 2.41. The Balaban J connectivity index is 2.09. The molecule has 0 aromatic heterocycles. The summed E-state index contributed by atoms with van der Waals surface area (Å²) in [5.41, 5.74) is 2.65. The largest absolute Gasteiger partial charge is 0.465 e. The molecular formula is C11H10O2. The van der Waals surface area contributed by atoms with Crippen LogP contribution in [0.4, 0.5) is 0 Å². The van der Waals surface area contributed by atoms with Crippen molar-refractivity contribution in [3.05, 3.63) is 35.4 Å². The predicted octanol–water partition coefficient (Wildman–Crippen LogP) is 1.50. The first-order valence-corrected chi connectivity index (χ1v) is 4.61. The number of esters is 1. The summed E-state index contributed by atoms with van der Waals surface area (Å²) >= 11 is 0. The Bertz CT molecular complexity index is 370. The van der Waals surface area contributed by atoms with Gasteiger partial charge in [-0.15, -0.1) is 0 Å². The molecular weight excluding hydrogens is 164 g/mol. The van der Waals surface area contributed by atoms with Gasteiger partial charge in [0.15, 0.2) is 0 Å². The van der Waals surface area contributed by atoms with Crippen molar-refractivity contribution >= 4 is 5.97 Å². The number of ether oxygens (including phenoxy) is 1. The van der Waals surface area contributed by atoms with Crippen molar-refractivity contribution in [1.29, 1.82) is 0 Å². The molecule has 2 nitrogen and oxygen atoms in total. The van der Waals surface area contributed by atoms with Gasteiger partial charge in [-0.2, -0.15) is 0 Å². The van der Waals surface area contributed by atoms with E-state index in [0.29, 0.717) is 12.5 Å². The van der Waals surface area contributed by atoms with Gasteiger partial charge in [-0.3, -0.25) is 4.79 Å². The monoisotopic (exact) mass is 174 g/mol. The lowest BCUT2D eigenvalue weighted by molar-refractivity contribution is -0.141. The van der Waals surface area contributed by atoms with E-state index in [0.717, 1.165) is 6.42 Å². The molecule has 66 valence electrons. The van der Waals surface area contributed by atoms with Crippen molar-refractivity contribution < 1.29 is 9.53 Å². The summed E-state index contributed by atoms with van der Waals surface area (Å²) in [7, 11) is 0. The summed E-state index contributed by atoms with van der Waals surface area (Å²) in [6, 6.07) is 8.29. The SMILES string of the molecule is O=C1OCC2c3ccccc3CC12. The van der Waals surface area contributed by atoms with Crippen LogP contribution in [-0.4, -0.2) is 12.6 Å². The van der Waals surface area contributed by atoms with E-state index in [-0.39, 0.29) is 11.9 Å². The maximum absolute atomic E-state index is 11.3. The number of carbonyl (C=O) groups is 1. The van der Waals surface area contributed by atoms with E-state index in [2.05, 4.69) is 12.1 Å². The van der Waals surface area contributed by atoms with Gasteiger partial charge in [0.1, 0.15) is 0 Å². The van der Waals surface area contributed by atoms with Crippen LogP contribution in [0, 0.1) is 5.92 Å². The highest BCUT2D eigenvalue weighted by Crippen LogP contribution is 2.42. The van der Waals surface area contributed by atoms with Crippen LogP contribution in [0.25, 0.3) is 0 Å². The van der Waals surface area contributed by atoms with Crippen molar-refractivity contribution in [3.63, 3.8) is 0 Å². The molecule has 1 aliphatic heterocycles. The Morgan fingerprint density at radius 3 is 3.00 bits per heavy atom. The molecule has 3 rings (SSSR count). The minimum Gasteiger partial charge on any atom is -0.465 e. The number of fused-ring (bicyclic) bond motifs is 3. The van der Waals surface area contributed by atoms with Gasteiger partial charge in [0.25, 0.3) is 0 Å². The zero-order valence-electron chi connectivity index (χ0n) is 7.19. The first-order valence-electron chi connectivity index (χ1n) is 4.61. The molecule has 1 saturated heterocycles. The fourth-order valence-corrected chi connectivity index (χ4v) is 2.41. The molecule has 2 aliphatic rings. The molecule has 0 saturated carbocycles. The van der Waals surface area contributed by atoms with E-state index in [1.807, 2.05) is 12.1 Å². The Hall–Kier alpha value is -1.31. The van der Waals surface area contributed by atoms with Crippen LogP contribution in [0.3, 0.4) is 0 Å². The van der Waals surface area contributed by atoms with E-state index in [4.69, 9.17) is 4.74 Å². The quantitative estimate of drug-likeness (QED) is 0.557. The molecule has 0 amide bonds. The molecule has 2 heteroatoms. The lowest BCUT2D eigenvalue weighted by Crippen LogP contribution is -2.09. The van der Waals surface area contributed by atoms with Crippen molar-refractivity contribution in [2.75, 3.05) is 6.61 Å². The lowest BCUT2D eigenvalue weighted by atomic mass is 9.96. The average Bonchev–Trinajstić information content (AvgIpc) is 2.67. The second-order valence-electron chi connectivity index (χ2n) is 3.75. The van der Waals surface area contributed by atoms with Crippen LogP contribution in [0.5, 0.6) is 0 Å². The molecule has 0 radical (unpaired) electrons. The number of benzene rings is 1. The minimum absolute atomic E-state index is 0.0128. The highest BCUT2D eigenvalue weighted by molar-refractivity contribution is 5.78. The van der Waals surface area contributed by atoms with Crippen molar-refractivity contribution in [2.24, 2.45) is 5.92 Å². The van der Waals surface area contributed by atoms with E-state index < -0.39 is 0 Å². The normalized spacial score (nSPS) is 29.7. The summed E-state index contributed by atoms with van der Waals surface area (Å²) in [5.74, 6) is 0.433. The van der Waals surface area contributed by atoms with E-state index >= 15 is 0 Å². The summed E-state index contributed by atoms with van der Waals surface area (Å²) in [5, 5.41) is 0. The highest BCUT2D eigenvalue weighted by Gasteiger charge is 2.43. The third-order valence-electron chi connectivity index (χ3n) is 3.09. The zero-order valence-corrected chi connectivity index (χ0v) is 7.19. The summed E-state index contributed by atoms with van der Waals surface area (Å²) in [6.45, 7) is 0.584. The molecule has 0 spiro atoms. The summed E-state index contributed by atoms with van der Waals surface area (Å²) in [6.07, 6.45) is 0.875. The Kier molecular flexibility index (Phi) is 1.29. The first-order chi connectivity index (χ1) is 6.36. The molecule has 0 bridgehead atoms. The zero-order chi connectivity index (χ0) is 8.84. The van der Waals surface area contributed by atoms with Crippen molar-refractivity contribution in [3.8, 4) is 0 Å². The van der Waals surface area contributed by atoms with Gasteiger partial charge in [-0.05, 0) is 17.5 Å². The molecule has 1 aromatic carbocycles. The second-order valence-corrected chi connectivity index (χ2v) is 3.75. The third kappa shape index (κ3) is 0.857. The molecule has 13 heavy (non-hydrogen) atoms. The van der Waals surface area contributed by atoms with Crippen LogP contribution < -0.4 is 0 Å². The van der Waals surface area contributed by atoms with Gasteiger partial charge in [0, 0.05) is 5.92 Å². The Labute approximate surface area is 76.5 Å². The van der Waals surface area contributed by atoms with Crippen LogP contribution in [0.2, 0.25) is 0 Å². The molecule has 1 fully saturated rings. The fraction of sp³-hybridized carbons (Fsp3) is 0.364. The standard InChI is InChI=1S/C11H10O2/c12-11-9-5-7-3-1-2-4-8(7)10(9)6-13-11/h1-4,9-10H,5-6H2. The maximum atomic E-state index is 11.3. The lowest BCUT2D eigenvalue weighted by Gasteiger charge is -2.03. The average molecular weight is 174 g/mol. The number of hydrogen-bond acceptors (Lipinski definition) is 2. The molecule has 1 aliphatic carbocycles. The van der Waals surface area contributed by atoms with Crippen molar-refractivity contribution in [1.82, 2.24) is 0 Å². The van der Waals surface area contributed by atoms with Gasteiger partial charge >= 0.3 is 5.97 Å². The highest BCUT2D eigenvalue weighted by atomic mass is 16.5. The van der Waals surface area contributed by atoms with E-state index in [1.165, 1.54) is 11.1 Å². The molecule has 2 unspecified atom stereocenters. The topological polar surface area (TPSA) is 26.3 Å². The predicted molar refractivity (Wildman–Crippen MR) is 47.3 cm³/mol. The second kappa shape index (κ2) is 2.34. The van der Waals surface area contributed by atoms with Gasteiger partial charge in [-0.25, -0.2) is 0 Å². The van der Waals surface area contributed by atoms with E-state index in [1.54, 1.807) is 0 Å². The van der Waals surface area contributed by atoms with Crippen LogP contribution in [0.1, 0.15) is 17.0 Å². The molecule has 2 atom stereocenters. The van der Waals surface area contributed by atoms with Crippen molar-refractivity contribution in [2.45, 2.75) is 12.3 Å². The van der Waals surface area contributed by atoms with Crippen LogP contribution in [-0.2, 0) is 16.0 Å². The van der Waals surface area contributed by atoms with Gasteiger partial charge in [0.05, 0.1) is 12.5 Å². The number of cyclic esters (lactones) is 1. The Morgan fingerprint density at radius 1 is 1.23 bits per heavy atom. The molecule has 0 N–H and O–H groups in total. The molecule has 1 aromatic rings. The summed E-state index contributed by atoms with van der Waals surface area (Å²) in [4.78, 5) is 11.3. The summed E-state index contributed by atoms with van der Waals surface area (Å²) < 4.78 is 5.04.